The molecule has 0 heterocycles. The molecular formula is C17H17ClN2O4. The molecule has 3 N–H and O–H groups in total. The molecule has 0 bridgehead atoms. The van der Waals surface area contributed by atoms with Crippen molar-refractivity contribution in [3.8, 4) is 5.75 Å². The molecule has 0 spiro atoms. The second-order valence-electron chi connectivity index (χ2n) is 4.79. The Morgan fingerprint density at radius 2 is 1.96 bits per heavy atom. The van der Waals surface area contributed by atoms with E-state index in [0.717, 1.165) is 0 Å². The molecule has 0 saturated heterocycles. The van der Waals surface area contributed by atoms with E-state index in [1.165, 1.54) is 18.2 Å². The zero-order valence-corrected chi connectivity index (χ0v) is 13.8. The number of anilines is 2. The zero-order valence-electron chi connectivity index (χ0n) is 13.0. The van der Waals surface area contributed by atoms with Gasteiger partial charge in [-0.3, -0.25) is 4.79 Å². The number of hydrogen-bond acceptors (Lipinski definition) is 5. The molecule has 2 aromatic rings. The Kier molecular flexibility index (Phi) is 6.03. The van der Waals surface area contributed by atoms with Gasteiger partial charge in [-0.2, -0.15) is 0 Å². The first-order valence-electron chi connectivity index (χ1n) is 7.25. The first-order chi connectivity index (χ1) is 11.5. The van der Waals surface area contributed by atoms with Crippen molar-refractivity contribution in [2.45, 2.75) is 6.92 Å². The van der Waals surface area contributed by atoms with Gasteiger partial charge in [0.15, 0.2) is 6.61 Å². The van der Waals surface area contributed by atoms with Gasteiger partial charge in [0.1, 0.15) is 5.75 Å². The number of hydrogen-bond donors (Lipinski definition) is 2. The van der Waals surface area contributed by atoms with Gasteiger partial charge in [0.2, 0.25) is 0 Å². The van der Waals surface area contributed by atoms with Crippen molar-refractivity contribution in [1.29, 1.82) is 0 Å². The number of rotatable bonds is 6. The lowest BCUT2D eigenvalue weighted by atomic mass is 10.2. The van der Waals surface area contributed by atoms with Crippen molar-refractivity contribution >= 4 is 34.9 Å². The number of esters is 1. The Hall–Kier alpha value is -2.73. The Bertz CT molecular complexity index is 749. The molecule has 0 radical (unpaired) electrons. The Balaban J connectivity index is 2.00. The van der Waals surface area contributed by atoms with Gasteiger partial charge in [-0.1, -0.05) is 23.7 Å². The summed E-state index contributed by atoms with van der Waals surface area (Å²) in [6.07, 6.45) is 0. The first kappa shape index (κ1) is 17.6. The molecule has 0 aliphatic rings. The number of carbonyl (C=O) groups is 2. The van der Waals surface area contributed by atoms with E-state index in [1.54, 1.807) is 31.2 Å². The number of nitrogens with one attached hydrogen (secondary N) is 1. The van der Waals surface area contributed by atoms with Crippen LogP contribution in [0.4, 0.5) is 11.4 Å². The van der Waals surface area contributed by atoms with Crippen LogP contribution in [0.1, 0.15) is 17.3 Å². The van der Waals surface area contributed by atoms with Crippen LogP contribution in [0, 0.1) is 0 Å². The topological polar surface area (TPSA) is 90.7 Å². The maximum absolute atomic E-state index is 11.9. The maximum atomic E-state index is 11.9. The molecular weight excluding hydrogens is 332 g/mol. The number of benzene rings is 2. The number of halogens is 1. The van der Waals surface area contributed by atoms with E-state index in [9.17, 15) is 9.59 Å². The SMILES string of the molecule is CCOC(=O)c1ccc(N)c(OCC(=O)Nc2ccccc2Cl)c1. The van der Waals surface area contributed by atoms with Crippen molar-refractivity contribution in [2.24, 2.45) is 0 Å². The predicted molar refractivity (Wildman–Crippen MR) is 92.4 cm³/mol. The quantitative estimate of drug-likeness (QED) is 0.618. The first-order valence-corrected chi connectivity index (χ1v) is 7.63. The van der Waals surface area contributed by atoms with Gasteiger partial charge in [0.05, 0.1) is 28.6 Å². The molecule has 0 aliphatic heterocycles. The van der Waals surface area contributed by atoms with Crippen molar-refractivity contribution in [2.75, 3.05) is 24.3 Å². The van der Waals surface area contributed by atoms with Crippen LogP contribution in [0.3, 0.4) is 0 Å². The number of carbonyl (C=O) groups excluding carboxylic acids is 2. The number of nitrogen functional groups attached to an aromatic ring is 1. The largest absolute Gasteiger partial charge is 0.482 e. The van der Waals surface area contributed by atoms with Gasteiger partial charge in [0.25, 0.3) is 5.91 Å². The highest BCUT2D eigenvalue weighted by Gasteiger charge is 2.12. The van der Waals surface area contributed by atoms with E-state index in [4.69, 9.17) is 26.8 Å². The highest BCUT2D eigenvalue weighted by atomic mass is 35.5. The molecule has 6 nitrogen and oxygen atoms in total. The lowest BCUT2D eigenvalue weighted by molar-refractivity contribution is -0.118. The lowest BCUT2D eigenvalue weighted by Crippen LogP contribution is -2.20. The normalized spacial score (nSPS) is 10.1. The van der Waals surface area contributed by atoms with Crippen LogP contribution in [0.5, 0.6) is 5.75 Å². The number of para-hydroxylation sites is 1. The fraction of sp³-hybridized carbons (Fsp3) is 0.176. The van der Waals surface area contributed by atoms with Crippen molar-refractivity contribution in [1.82, 2.24) is 0 Å². The summed E-state index contributed by atoms with van der Waals surface area (Å²) in [5.74, 6) is -0.651. The summed E-state index contributed by atoms with van der Waals surface area (Å²) in [6.45, 7) is 1.70. The highest BCUT2D eigenvalue weighted by molar-refractivity contribution is 6.33. The van der Waals surface area contributed by atoms with Gasteiger partial charge in [-0.25, -0.2) is 4.79 Å². The zero-order chi connectivity index (χ0) is 17.5. The second kappa shape index (κ2) is 8.21. The van der Waals surface area contributed by atoms with E-state index >= 15 is 0 Å². The van der Waals surface area contributed by atoms with Gasteiger partial charge >= 0.3 is 5.97 Å². The highest BCUT2D eigenvalue weighted by Crippen LogP contribution is 2.24. The minimum Gasteiger partial charge on any atom is -0.482 e. The Labute approximate surface area is 144 Å². The molecule has 0 aliphatic carbocycles. The van der Waals surface area contributed by atoms with Crippen LogP contribution in [0.15, 0.2) is 42.5 Å². The molecule has 7 heteroatoms. The van der Waals surface area contributed by atoms with E-state index in [2.05, 4.69) is 5.32 Å². The average Bonchev–Trinajstić information content (AvgIpc) is 2.56. The lowest BCUT2D eigenvalue weighted by Gasteiger charge is -2.11. The van der Waals surface area contributed by atoms with E-state index in [-0.39, 0.29) is 19.0 Å². The predicted octanol–water partition coefficient (Wildman–Crippen LogP) is 3.12. The van der Waals surface area contributed by atoms with Crippen molar-refractivity contribution in [3.63, 3.8) is 0 Å². The van der Waals surface area contributed by atoms with Crippen LogP contribution >= 0.6 is 11.6 Å². The molecule has 0 saturated carbocycles. The second-order valence-corrected chi connectivity index (χ2v) is 5.20. The van der Waals surface area contributed by atoms with E-state index in [1.807, 2.05) is 0 Å². The minimum absolute atomic E-state index is 0.231. The van der Waals surface area contributed by atoms with Gasteiger partial charge in [-0.05, 0) is 37.3 Å². The fourth-order valence-electron chi connectivity index (χ4n) is 1.89. The van der Waals surface area contributed by atoms with E-state index < -0.39 is 11.9 Å². The number of nitrogens with two attached hydrogens (primary N) is 1. The van der Waals surface area contributed by atoms with Crippen LogP contribution in [0.2, 0.25) is 5.02 Å². The molecule has 0 aromatic heterocycles. The van der Waals surface area contributed by atoms with Crippen LogP contribution < -0.4 is 15.8 Å². The smallest absolute Gasteiger partial charge is 0.338 e. The summed E-state index contributed by atoms with van der Waals surface area (Å²) in [4.78, 5) is 23.7. The molecule has 2 rings (SSSR count). The monoisotopic (exact) mass is 348 g/mol. The summed E-state index contributed by atoms with van der Waals surface area (Å²) in [7, 11) is 0. The van der Waals surface area contributed by atoms with Crippen molar-refractivity contribution < 1.29 is 19.1 Å². The van der Waals surface area contributed by atoms with Gasteiger partial charge in [0, 0.05) is 0 Å². The molecule has 126 valence electrons. The average molecular weight is 349 g/mol. The maximum Gasteiger partial charge on any atom is 0.338 e. The molecule has 2 aromatic carbocycles. The summed E-state index contributed by atoms with van der Waals surface area (Å²) in [5, 5.41) is 3.05. The van der Waals surface area contributed by atoms with Crippen molar-refractivity contribution in [3.05, 3.63) is 53.1 Å². The molecule has 24 heavy (non-hydrogen) atoms. The van der Waals surface area contributed by atoms with E-state index in [0.29, 0.717) is 22.0 Å². The third-order valence-corrected chi connectivity index (χ3v) is 3.36. The van der Waals surface area contributed by atoms with Crippen LogP contribution in [-0.4, -0.2) is 25.1 Å². The fourth-order valence-corrected chi connectivity index (χ4v) is 2.08. The Morgan fingerprint density at radius 1 is 1.21 bits per heavy atom. The third kappa shape index (κ3) is 4.63. The third-order valence-electron chi connectivity index (χ3n) is 3.03. The molecule has 0 fully saturated rings. The minimum atomic E-state index is -0.483. The van der Waals surface area contributed by atoms with Crippen LogP contribution in [0.25, 0.3) is 0 Å². The Morgan fingerprint density at radius 3 is 2.67 bits per heavy atom. The summed E-state index contributed by atoms with van der Waals surface area (Å²) in [6, 6.07) is 11.3. The van der Waals surface area contributed by atoms with Gasteiger partial charge in [-0.15, -0.1) is 0 Å². The molecule has 0 unspecified atom stereocenters. The summed E-state index contributed by atoms with van der Waals surface area (Å²) >= 11 is 5.97. The summed E-state index contributed by atoms with van der Waals surface area (Å²) < 4.78 is 10.3. The number of ether oxygens (including phenoxy) is 2. The van der Waals surface area contributed by atoms with Crippen LogP contribution in [-0.2, 0) is 9.53 Å². The molecule has 1 amide bonds. The number of amides is 1. The van der Waals surface area contributed by atoms with Gasteiger partial charge < -0.3 is 20.5 Å². The standard InChI is InChI=1S/C17H17ClN2O4/c1-2-23-17(22)11-7-8-13(19)15(9-11)24-10-16(21)20-14-6-4-3-5-12(14)18/h3-9H,2,10,19H2,1H3,(H,20,21). The summed E-state index contributed by atoms with van der Waals surface area (Å²) in [5.41, 5.74) is 6.90. The molecule has 0 atom stereocenters.